The molecule has 1 aromatic carbocycles. The molecule has 3 rings (SSSR count). The van der Waals surface area contributed by atoms with Crippen LogP contribution < -0.4 is 14.4 Å². The quantitative estimate of drug-likeness (QED) is 0.584. The molecule has 0 unspecified atom stereocenters. The molecule has 1 fully saturated rings. The third-order valence-corrected chi connectivity index (χ3v) is 5.40. The first kappa shape index (κ1) is 17.7. The van der Waals surface area contributed by atoms with Gasteiger partial charge in [-0.1, -0.05) is 24.4 Å². The molecule has 0 spiro atoms. The van der Waals surface area contributed by atoms with Crippen LogP contribution in [0.25, 0.3) is 0 Å². The predicted molar refractivity (Wildman–Crippen MR) is 97.4 cm³/mol. The summed E-state index contributed by atoms with van der Waals surface area (Å²) in [6, 6.07) is 7.29. The van der Waals surface area contributed by atoms with Gasteiger partial charge in [0.25, 0.3) is 11.8 Å². The normalized spacial score (nSPS) is 19.9. The molecule has 8 nitrogen and oxygen atoms in total. The highest BCUT2D eigenvalue weighted by molar-refractivity contribution is 8.26. The number of hydrogen-bond donors (Lipinski definition) is 1. The van der Waals surface area contributed by atoms with E-state index in [2.05, 4.69) is 0 Å². The number of amides is 2. The standard InChI is InChI=1S/C14H13N3O5S3/c1-16-8-5-3-4-6-9(8)22-13(16)11-12(19)17(14(23)24-11)7-10(18)15-25(2,20)21/h3-6H,7H2,1-2H3,(H,15,18). The van der Waals surface area contributed by atoms with Crippen molar-refractivity contribution in [1.29, 1.82) is 0 Å². The summed E-state index contributed by atoms with van der Waals surface area (Å²) in [4.78, 5) is 27.4. The Bertz CT molecular complexity index is 925. The van der Waals surface area contributed by atoms with Gasteiger partial charge in [0.2, 0.25) is 15.9 Å². The van der Waals surface area contributed by atoms with Crippen LogP contribution in [0.3, 0.4) is 0 Å². The van der Waals surface area contributed by atoms with Gasteiger partial charge in [0.1, 0.15) is 15.8 Å². The van der Waals surface area contributed by atoms with E-state index >= 15 is 0 Å². The molecule has 25 heavy (non-hydrogen) atoms. The van der Waals surface area contributed by atoms with Crippen molar-refractivity contribution in [2.75, 3.05) is 24.7 Å². The van der Waals surface area contributed by atoms with Gasteiger partial charge in [-0.3, -0.25) is 19.2 Å². The van der Waals surface area contributed by atoms with E-state index in [0.717, 1.165) is 28.6 Å². The predicted octanol–water partition coefficient (Wildman–Crippen LogP) is 0.620. The number of anilines is 1. The fourth-order valence-corrected chi connectivity index (χ4v) is 4.12. The lowest BCUT2D eigenvalue weighted by molar-refractivity contribution is -0.128. The van der Waals surface area contributed by atoms with Crippen molar-refractivity contribution in [3.8, 4) is 5.75 Å². The van der Waals surface area contributed by atoms with Gasteiger partial charge in [-0.25, -0.2) is 8.42 Å². The Kier molecular flexibility index (Phi) is 4.47. The lowest BCUT2D eigenvalue weighted by Gasteiger charge is -2.14. The summed E-state index contributed by atoms with van der Waals surface area (Å²) >= 11 is 6.15. The van der Waals surface area contributed by atoms with Gasteiger partial charge < -0.3 is 9.64 Å². The van der Waals surface area contributed by atoms with Crippen LogP contribution in [0.5, 0.6) is 5.75 Å². The SMILES string of the molecule is CN1C(=C2SC(=S)N(CC(=O)NS(C)(=O)=O)C2=O)Oc2ccccc21. The number of nitrogens with one attached hydrogen (secondary N) is 1. The van der Waals surface area contributed by atoms with Crippen molar-refractivity contribution >= 4 is 55.8 Å². The molecule has 0 atom stereocenters. The molecule has 2 amide bonds. The van der Waals surface area contributed by atoms with Crippen LogP contribution in [0.2, 0.25) is 0 Å². The van der Waals surface area contributed by atoms with Crippen molar-refractivity contribution in [2.45, 2.75) is 0 Å². The highest BCUT2D eigenvalue weighted by atomic mass is 32.2. The number of nitrogens with zero attached hydrogens (tertiary/aromatic N) is 2. The monoisotopic (exact) mass is 399 g/mol. The Morgan fingerprint density at radius 3 is 2.68 bits per heavy atom. The van der Waals surface area contributed by atoms with Crippen LogP contribution in [-0.4, -0.2) is 49.3 Å². The maximum atomic E-state index is 12.6. The molecule has 2 aliphatic rings. The van der Waals surface area contributed by atoms with Gasteiger partial charge >= 0.3 is 0 Å². The first-order chi connectivity index (χ1) is 11.7. The molecule has 0 aromatic heterocycles. The molecule has 132 valence electrons. The van der Waals surface area contributed by atoms with Crippen LogP contribution in [0, 0.1) is 0 Å². The largest absolute Gasteiger partial charge is 0.437 e. The number of fused-ring (bicyclic) bond motifs is 1. The topological polar surface area (TPSA) is 96.0 Å². The zero-order chi connectivity index (χ0) is 18.4. The number of ether oxygens (including phenoxy) is 1. The number of sulfonamides is 1. The number of rotatable bonds is 3. The van der Waals surface area contributed by atoms with Crippen LogP contribution in [0.1, 0.15) is 0 Å². The number of para-hydroxylation sites is 2. The van der Waals surface area contributed by atoms with E-state index in [1.54, 1.807) is 18.0 Å². The summed E-state index contributed by atoms with van der Waals surface area (Å²) in [5.74, 6) is -0.410. The molecule has 1 aromatic rings. The maximum absolute atomic E-state index is 12.6. The lowest BCUT2D eigenvalue weighted by Crippen LogP contribution is -2.41. The summed E-state index contributed by atoms with van der Waals surface area (Å²) in [5, 5.41) is 0. The van der Waals surface area contributed by atoms with Gasteiger partial charge in [-0.2, -0.15) is 0 Å². The van der Waals surface area contributed by atoms with Gasteiger partial charge in [0, 0.05) is 7.05 Å². The molecular weight excluding hydrogens is 386 g/mol. The van der Waals surface area contributed by atoms with Crippen molar-refractivity contribution in [1.82, 2.24) is 9.62 Å². The summed E-state index contributed by atoms with van der Waals surface area (Å²) in [5.41, 5.74) is 0.803. The molecule has 11 heteroatoms. The van der Waals surface area contributed by atoms with Crippen molar-refractivity contribution in [2.24, 2.45) is 0 Å². The van der Waals surface area contributed by atoms with Gasteiger partial charge in [-0.15, -0.1) is 0 Å². The molecule has 1 saturated heterocycles. The second kappa shape index (κ2) is 6.32. The van der Waals surface area contributed by atoms with Crippen molar-refractivity contribution in [3.05, 3.63) is 35.1 Å². The van der Waals surface area contributed by atoms with Gasteiger partial charge in [0.15, 0.2) is 5.75 Å². The Hall–Kier alpha value is -2.11. The Morgan fingerprint density at radius 2 is 2.04 bits per heavy atom. The maximum Gasteiger partial charge on any atom is 0.272 e. The summed E-state index contributed by atoms with van der Waals surface area (Å²) in [6.45, 7) is -0.481. The Morgan fingerprint density at radius 1 is 1.36 bits per heavy atom. The average molecular weight is 399 g/mol. The smallest absolute Gasteiger partial charge is 0.272 e. The van der Waals surface area contributed by atoms with E-state index in [1.165, 1.54) is 0 Å². The number of carbonyl (C=O) groups is 2. The third kappa shape index (κ3) is 3.48. The lowest BCUT2D eigenvalue weighted by atomic mass is 10.3. The summed E-state index contributed by atoms with van der Waals surface area (Å²) < 4.78 is 29.9. The molecule has 1 N–H and O–H groups in total. The minimum Gasteiger partial charge on any atom is -0.437 e. The number of thiocarbonyl (C=S) groups is 1. The fraction of sp³-hybridized carbons (Fsp3) is 0.214. The summed E-state index contributed by atoms with van der Waals surface area (Å²) in [6.07, 6.45) is 0.857. The number of hydrogen-bond acceptors (Lipinski definition) is 8. The molecule has 0 aliphatic carbocycles. The van der Waals surface area contributed by atoms with E-state index in [-0.39, 0.29) is 9.23 Å². The van der Waals surface area contributed by atoms with E-state index in [0.29, 0.717) is 11.6 Å². The number of benzene rings is 1. The average Bonchev–Trinajstić information content (AvgIpc) is 2.98. The Labute approximate surface area is 153 Å². The molecule has 0 saturated carbocycles. The van der Waals surface area contributed by atoms with E-state index in [9.17, 15) is 18.0 Å². The molecular formula is C14H13N3O5S3. The zero-order valence-electron chi connectivity index (χ0n) is 13.2. The first-order valence-electron chi connectivity index (χ1n) is 6.96. The van der Waals surface area contributed by atoms with E-state index < -0.39 is 28.4 Å². The third-order valence-electron chi connectivity index (χ3n) is 3.38. The van der Waals surface area contributed by atoms with Gasteiger partial charge in [-0.05, 0) is 23.9 Å². The van der Waals surface area contributed by atoms with E-state index in [4.69, 9.17) is 17.0 Å². The highest BCUT2D eigenvalue weighted by Gasteiger charge is 2.40. The highest BCUT2D eigenvalue weighted by Crippen LogP contribution is 2.43. The second-order valence-corrected chi connectivity index (χ2v) is 8.71. The van der Waals surface area contributed by atoms with Gasteiger partial charge in [0.05, 0.1) is 11.9 Å². The minimum atomic E-state index is -3.71. The van der Waals surface area contributed by atoms with Crippen LogP contribution in [0.15, 0.2) is 35.1 Å². The van der Waals surface area contributed by atoms with Crippen LogP contribution >= 0.6 is 24.0 Å². The minimum absolute atomic E-state index is 0.157. The van der Waals surface area contributed by atoms with E-state index in [1.807, 2.05) is 22.9 Å². The Balaban J connectivity index is 1.84. The number of carbonyl (C=O) groups excluding carboxylic acids is 2. The molecule has 0 radical (unpaired) electrons. The second-order valence-electron chi connectivity index (χ2n) is 5.32. The summed E-state index contributed by atoms with van der Waals surface area (Å²) in [7, 11) is -1.95. The van der Waals surface area contributed by atoms with Crippen LogP contribution in [-0.2, 0) is 19.6 Å². The number of thioether (sulfide) groups is 1. The van der Waals surface area contributed by atoms with Crippen LogP contribution in [0.4, 0.5) is 5.69 Å². The molecule has 0 bridgehead atoms. The first-order valence-corrected chi connectivity index (χ1v) is 10.1. The molecule has 2 aliphatic heterocycles. The van der Waals surface area contributed by atoms with Crippen molar-refractivity contribution in [3.63, 3.8) is 0 Å². The zero-order valence-corrected chi connectivity index (χ0v) is 15.6. The van der Waals surface area contributed by atoms with Crippen molar-refractivity contribution < 1.29 is 22.7 Å². The fourth-order valence-electron chi connectivity index (χ4n) is 2.35. The molecule has 2 heterocycles.